The van der Waals surface area contributed by atoms with Crippen LogP contribution in [0.2, 0.25) is 15.1 Å². The number of nitrogens with zero attached hydrogens (tertiary/aromatic N) is 1. The highest BCUT2D eigenvalue weighted by Crippen LogP contribution is 2.35. The number of benzene rings is 3. The number of halogens is 3. The maximum absolute atomic E-state index is 12.9. The van der Waals surface area contributed by atoms with Crippen LogP contribution >= 0.6 is 58.8 Å². The standard InChI is InChI=1S/C25H17Cl3N2O4S2/c1-33-21-9-14(5-8-20(21)34-13-16-6-7-18(27)12-19(16)28)10-22-24(32)30(25(35)36-22)29-23(31)15-3-2-4-17(26)11-15/h2-12H,13H2,1H3,(H,29,31)/b22-10-. The van der Waals surface area contributed by atoms with Gasteiger partial charge in [-0.2, -0.15) is 5.01 Å². The van der Waals surface area contributed by atoms with Crippen LogP contribution in [-0.4, -0.2) is 28.3 Å². The second-order valence-corrected chi connectivity index (χ2v) is 10.4. The molecule has 0 unspecified atom stereocenters. The van der Waals surface area contributed by atoms with Gasteiger partial charge in [-0.3, -0.25) is 15.0 Å². The highest BCUT2D eigenvalue weighted by molar-refractivity contribution is 8.26. The number of hydrazine groups is 1. The normalized spacial score (nSPS) is 14.3. The number of thioether (sulfide) groups is 1. The van der Waals surface area contributed by atoms with Gasteiger partial charge in [0.15, 0.2) is 15.8 Å². The van der Waals surface area contributed by atoms with Crippen molar-refractivity contribution in [2.24, 2.45) is 0 Å². The van der Waals surface area contributed by atoms with E-state index in [1.54, 1.807) is 60.7 Å². The fourth-order valence-corrected chi connectivity index (χ4v) is 5.03. The van der Waals surface area contributed by atoms with Crippen LogP contribution in [-0.2, 0) is 11.4 Å². The van der Waals surface area contributed by atoms with Gasteiger partial charge in [0.05, 0.1) is 12.0 Å². The maximum Gasteiger partial charge on any atom is 0.285 e. The number of nitrogens with one attached hydrogen (secondary N) is 1. The van der Waals surface area contributed by atoms with Crippen molar-refractivity contribution in [2.45, 2.75) is 6.61 Å². The number of thiocarbonyl (C=S) groups is 1. The molecule has 1 aliphatic rings. The first kappa shape index (κ1) is 26.3. The zero-order chi connectivity index (χ0) is 25.8. The number of rotatable bonds is 7. The van der Waals surface area contributed by atoms with Crippen molar-refractivity contribution in [3.05, 3.63) is 97.3 Å². The Hall–Kier alpha value is -2.75. The average Bonchev–Trinajstić information content (AvgIpc) is 3.11. The predicted molar refractivity (Wildman–Crippen MR) is 148 cm³/mol. The number of hydrogen-bond donors (Lipinski definition) is 1. The molecule has 36 heavy (non-hydrogen) atoms. The van der Waals surface area contributed by atoms with Crippen LogP contribution in [0.5, 0.6) is 11.5 Å². The molecule has 0 saturated carbocycles. The van der Waals surface area contributed by atoms with E-state index in [0.29, 0.717) is 42.6 Å². The first-order chi connectivity index (χ1) is 17.2. The van der Waals surface area contributed by atoms with E-state index in [0.717, 1.165) is 22.3 Å². The van der Waals surface area contributed by atoms with Crippen molar-refractivity contribution in [3.8, 4) is 11.5 Å². The first-order valence-electron chi connectivity index (χ1n) is 10.3. The molecule has 1 fully saturated rings. The Balaban J connectivity index is 1.47. The third-order valence-electron chi connectivity index (χ3n) is 4.98. The molecule has 4 rings (SSSR count). The van der Waals surface area contributed by atoms with Gasteiger partial charge in [-0.1, -0.05) is 64.8 Å². The van der Waals surface area contributed by atoms with Gasteiger partial charge in [0, 0.05) is 26.2 Å². The monoisotopic (exact) mass is 578 g/mol. The number of amides is 2. The smallest absolute Gasteiger partial charge is 0.285 e. The Morgan fingerprint density at radius 2 is 1.83 bits per heavy atom. The molecule has 184 valence electrons. The molecule has 0 aromatic heterocycles. The van der Waals surface area contributed by atoms with Gasteiger partial charge in [-0.15, -0.1) is 0 Å². The molecule has 0 atom stereocenters. The molecule has 1 aliphatic heterocycles. The molecular formula is C25H17Cl3N2O4S2. The molecule has 0 aliphatic carbocycles. The van der Waals surface area contributed by atoms with Gasteiger partial charge in [0.1, 0.15) is 6.61 Å². The molecule has 6 nitrogen and oxygen atoms in total. The molecule has 1 N–H and O–H groups in total. The topological polar surface area (TPSA) is 67.9 Å². The molecule has 1 saturated heterocycles. The molecule has 2 amide bonds. The van der Waals surface area contributed by atoms with E-state index >= 15 is 0 Å². The summed E-state index contributed by atoms with van der Waals surface area (Å²) in [6, 6.07) is 16.8. The summed E-state index contributed by atoms with van der Waals surface area (Å²) in [7, 11) is 1.52. The van der Waals surface area contributed by atoms with Gasteiger partial charge in [0.25, 0.3) is 11.8 Å². The van der Waals surface area contributed by atoms with Crippen molar-refractivity contribution in [1.29, 1.82) is 0 Å². The van der Waals surface area contributed by atoms with Gasteiger partial charge in [0.2, 0.25) is 0 Å². The van der Waals surface area contributed by atoms with Gasteiger partial charge >= 0.3 is 0 Å². The molecular weight excluding hydrogens is 563 g/mol. The third kappa shape index (κ3) is 6.14. The molecule has 1 heterocycles. The Morgan fingerprint density at radius 1 is 1.06 bits per heavy atom. The molecule has 11 heteroatoms. The lowest BCUT2D eigenvalue weighted by Gasteiger charge is -2.15. The zero-order valence-corrected chi connectivity index (χ0v) is 22.5. The van der Waals surface area contributed by atoms with E-state index < -0.39 is 11.8 Å². The summed E-state index contributed by atoms with van der Waals surface area (Å²) in [5, 5.41) is 2.49. The first-order valence-corrected chi connectivity index (χ1v) is 12.7. The largest absolute Gasteiger partial charge is 0.493 e. The summed E-state index contributed by atoms with van der Waals surface area (Å²) in [5.41, 5.74) is 4.29. The van der Waals surface area contributed by atoms with Crippen LogP contribution in [0.25, 0.3) is 6.08 Å². The van der Waals surface area contributed by atoms with Crippen LogP contribution in [0.1, 0.15) is 21.5 Å². The number of hydrogen-bond acceptors (Lipinski definition) is 6. The van der Waals surface area contributed by atoms with Crippen LogP contribution < -0.4 is 14.9 Å². The average molecular weight is 580 g/mol. The van der Waals surface area contributed by atoms with Crippen molar-refractivity contribution in [1.82, 2.24) is 10.4 Å². The van der Waals surface area contributed by atoms with Crippen LogP contribution in [0.4, 0.5) is 0 Å². The fourth-order valence-electron chi connectivity index (χ4n) is 3.20. The molecule has 0 bridgehead atoms. The Labute approximate surface area is 232 Å². The van der Waals surface area contributed by atoms with Crippen molar-refractivity contribution in [3.63, 3.8) is 0 Å². The summed E-state index contributed by atoms with van der Waals surface area (Å²) >= 11 is 24.5. The van der Waals surface area contributed by atoms with E-state index in [4.69, 9.17) is 56.5 Å². The second kappa shape index (κ2) is 11.5. The number of methoxy groups -OCH3 is 1. The van der Waals surface area contributed by atoms with E-state index in [-0.39, 0.29) is 10.9 Å². The fraction of sp³-hybridized carbons (Fsp3) is 0.0800. The SMILES string of the molecule is COc1cc(/C=C2\SC(=S)N(NC(=O)c3cccc(Cl)c3)C2=O)ccc1OCc1ccc(Cl)cc1Cl. The lowest BCUT2D eigenvalue weighted by molar-refractivity contribution is -0.123. The van der Waals surface area contributed by atoms with Crippen molar-refractivity contribution >= 4 is 81.0 Å². The van der Waals surface area contributed by atoms with Gasteiger partial charge < -0.3 is 9.47 Å². The summed E-state index contributed by atoms with van der Waals surface area (Å²) < 4.78 is 11.5. The summed E-state index contributed by atoms with van der Waals surface area (Å²) in [4.78, 5) is 25.8. The summed E-state index contributed by atoms with van der Waals surface area (Å²) in [6.45, 7) is 0.219. The van der Waals surface area contributed by atoms with Crippen LogP contribution in [0.3, 0.4) is 0 Å². The number of ether oxygens (including phenoxy) is 2. The Bertz CT molecular complexity index is 1400. The summed E-state index contributed by atoms with van der Waals surface area (Å²) in [5.74, 6) is 0.0247. The molecule has 3 aromatic carbocycles. The van der Waals surface area contributed by atoms with Crippen molar-refractivity contribution < 1.29 is 19.1 Å². The van der Waals surface area contributed by atoms with E-state index in [1.807, 2.05) is 0 Å². The maximum atomic E-state index is 12.9. The van der Waals surface area contributed by atoms with E-state index in [9.17, 15) is 9.59 Å². The lowest BCUT2D eigenvalue weighted by atomic mass is 10.2. The van der Waals surface area contributed by atoms with Gasteiger partial charge in [-0.25, -0.2) is 0 Å². The molecule has 3 aromatic rings. The number of carbonyl (C=O) groups excluding carboxylic acids is 2. The van der Waals surface area contributed by atoms with Gasteiger partial charge in [-0.05, 0) is 66.3 Å². The number of carbonyl (C=O) groups is 2. The highest BCUT2D eigenvalue weighted by atomic mass is 35.5. The minimum Gasteiger partial charge on any atom is -0.493 e. The minimum atomic E-state index is -0.501. The Morgan fingerprint density at radius 3 is 2.56 bits per heavy atom. The predicted octanol–water partition coefficient (Wildman–Crippen LogP) is 6.78. The molecule has 0 spiro atoms. The van der Waals surface area contributed by atoms with Crippen LogP contribution in [0, 0.1) is 0 Å². The third-order valence-corrected chi connectivity index (χ3v) is 7.10. The Kier molecular flexibility index (Phi) is 8.43. The summed E-state index contributed by atoms with van der Waals surface area (Å²) in [6.07, 6.45) is 1.66. The van der Waals surface area contributed by atoms with Crippen molar-refractivity contribution in [2.75, 3.05) is 7.11 Å². The zero-order valence-electron chi connectivity index (χ0n) is 18.6. The quantitative estimate of drug-likeness (QED) is 0.246. The van der Waals surface area contributed by atoms with Crippen LogP contribution in [0.15, 0.2) is 65.6 Å². The van der Waals surface area contributed by atoms with E-state index in [2.05, 4.69) is 5.43 Å². The molecule has 0 radical (unpaired) electrons. The van der Waals surface area contributed by atoms with E-state index in [1.165, 1.54) is 13.2 Å². The second-order valence-electron chi connectivity index (χ2n) is 7.40. The minimum absolute atomic E-state index is 0.202. The lowest BCUT2D eigenvalue weighted by Crippen LogP contribution is -2.44. The highest BCUT2D eigenvalue weighted by Gasteiger charge is 2.33.